The number of benzene rings is 1. The van der Waals surface area contributed by atoms with Crippen molar-refractivity contribution in [3.8, 4) is 0 Å². The Hall–Kier alpha value is -1.59. The molecule has 98 valence electrons. The van der Waals surface area contributed by atoms with Gasteiger partial charge >= 0.3 is 0 Å². The minimum Gasteiger partial charge on any atom is -0.458 e. The first kappa shape index (κ1) is 12.4. The topological polar surface area (TPSA) is 57.0 Å². The Balaban J connectivity index is 2.09. The van der Waals surface area contributed by atoms with E-state index in [2.05, 4.69) is 21.0 Å². The monoisotopic (exact) mass is 319 g/mol. The van der Waals surface area contributed by atoms with E-state index in [1.165, 1.54) is 0 Å². The second-order valence-electron chi connectivity index (χ2n) is 4.63. The van der Waals surface area contributed by atoms with Crippen LogP contribution in [0.3, 0.4) is 0 Å². The van der Waals surface area contributed by atoms with Crippen LogP contribution in [-0.4, -0.2) is 9.78 Å². The number of hydrogen-bond donors (Lipinski definition) is 1. The molecule has 0 aliphatic carbocycles. The molecule has 0 aliphatic rings. The minimum atomic E-state index is -0.298. The number of para-hydroxylation sites is 1. The molecular weight excluding hydrogens is 306 g/mol. The number of halogens is 1. The SMILES string of the molecule is Cc1nn(C)cc1C(N)c1cc2cccc(Br)c2o1. The highest BCUT2D eigenvalue weighted by Crippen LogP contribution is 2.31. The van der Waals surface area contributed by atoms with E-state index in [1.54, 1.807) is 4.68 Å². The molecule has 2 N–H and O–H groups in total. The summed E-state index contributed by atoms with van der Waals surface area (Å²) in [5.41, 5.74) is 9.02. The molecule has 0 aliphatic heterocycles. The number of hydrogen-bond acceptors (Lipinski definition) is 3. The van der Waals surface area contributed by atoms with Crippen LogP contribution >= 0.6 is 15.9 Å². The van der Waals surface area contributed by atoms with Crippen molar-refractivity contribution < 1.29 is 4.42 Å². The Morgan fingerprint density at radius 1 is 1.42 bits per heavy atom. The average molecular weight is 320 g/mol. The van der Waals surface area contributed by atoms with Gasteiger partial charge in [0.1, 0.15) is 11.3 Å². The van der Waals surface area contributed by atoms with Crippen molar-refractivity contribution in [3.63, 3.8) is 0 Å². The molecular formula is C14H14BrN3O. The highest BCUT2D eigenvalue weighted by atomic mass is 79.9. The maximum absolute atomic E-state index is 6.28. The lowest BCUT2D eigenvalue weighted by molar-refractivity contribution is 0.523. The van der Waals surface area contributed by atoms with Gasteiger partial charge in [-0.1, -0.05) is 12.1 Å². The fraction of sp³-hybridized carbons (Fsp3) is 0.214. The van der Waals surface area contributed by atoms with Crippen LogP contribution in [0.2, 0.25) is 0 Å². The summed E-state index contributed by atoms with van der Waals surface area (Å²) in [7, 11) is 1.89. The van der Waals surface area contributed by atoms with Crippen LogP contribution in [0.4, 0.5) is 0 Å². The number of aryl methyl sites for hydroxylation is 2. The zero-order chi connectivity index (χ0) is 13.6. The van der Waals surface area contributed by atoms with E-state index >= 15 is 0 Å². The first-order chi connectivity index (χ1) is 9.06. The van der Waals surface area contributed by atoms with Crippen LogP contribution in [-0.2, 0) is 7.05 Å². The van der Waals surface area contributed by atoms with Gasteiger partial charge in [-0.15, -0.1) is 0 Å². The van der Waals surface area contributed by atoms with Gasteiger partial charge < -0.3 is 10.2 Å². The molecule has 0 amide bonds. The molecule has 1 aromatic carbocycles. The molecule has 1 atom stereocenters. The van der Waals surface area contributed by atoms with Crippen molar-refractivity contribution in [2.24, 2.45) is 12.8 Å². The molecule has 2 aromatic heterocycles. The molecule has 4 nitrogen and oxygen atoms in total. The van der Waals surface area contributed by atoms with Gasteiger partial charge in [-0.3, -0.25) is 4.68 Å². The summed E-state index contributed by atoms with van der Waals surface area (Å²) in [4.78, 5) is 0. The molecule has 0 spiro atoms. The molecule has 5 heteroatoms. The largest absolute Gasteiger partial charge is 0.458 e. The third-order valence-electron chi connectivity index (χ3n) is 3.21. The maximum atomic E-state index is 6.28. The summed E-state index contributed by atoms with van der Waals surface area (Å²) >= 11 is 3.48. The molecule has 0 saturated carbocycles. The fourth-order valence-electron chi connectivity index (χ4n) is 2.28. The lowest BCUT2D eigenvalue weighted by Crippen LogP contribution is -2.11. The molecule has 0 radical (unpaired) electrons. The quantitative estimate of drug-likeness (QED) is 0.788. The Morgan fingerprint density at radius 3 is 2.84 bits per heavy atom. The molecule has 0 bridgehead atoms. The summed E-state index contributed by atoms with van der Waals surface area (Å²) in [5.74, 6) is 0.748. The molecule has 2 heterocycles. The van der Waals surface area contributed by atoms with Crippen LogP contribution in [0.1, 0.15) is 23.1 Å². The Morgan fingerprint density at radius 2 is 2.21 bits per heavy atom. The predicted molar refractivity (Wildman–Crippen MR) is 77.9 cm³/mol. The van der Waals surface area contributed by atoms with Gasteiger partial charge in [0, 0.05) is 24.2 Å². The molecule has 3 rings (SSSR count). The zero-order valence-electron chi connectivity index (χ0n) is 10.7. The standard InChI is InChI=1S/C14H14BrN3O/c1-8-10(7-18(2)17-8)13(16)12-6-9-4-3-5-11(15)14(9)19-12/h3-7,13H,16H2,1-2H3. The van der Waals surface area contributed by atoms with Crippen molar-refractivity contribution in [2.45, 2.75) is 13.0 Å². The summed E-state index contributed by atoms with van der Waals surface area (Å²) in [5, 5.41) is 5.36. The first-order valence-corrected chi connectivity index (χ1v) is 6.79. The van der Waals surface area contributed by atoms with Crippen LogP contribution in [0, 0.1) is 6.92 Å². The van der Waals surface area contributed by atoms with Crippen molar-refractivity contribution in [1.82, 2.24) is 9.78 Å². The van der Waals surface area contributed by atoms with Gasteiger partial charge in [-0.2, -0.15) is 5.10 Å². The van der Waals surface area contributed by atoms with Crippen molar-refractivity contribution in [2.75, 3.05) is 0 Å². The van der Waals surface area contributed by atoms with E-state index in [-0.39, 0.29) is 6.04 Å². The number of furan rings is 1. The Labute approximate surface area is 119 Å². The second kappa shape index (κ2) is 4.51. The van der Waals surface area contributed by atoms with E-state index in [0.717, 1.165) is 32.5 Å². The van der Waals surface area contributed by atoms with Crippen LogP contribution in [0.5, 0.6) is 0 Å². The lowest BCUT2D eigenvalue weighted by Gasteiger charge is -2.06. The van der Waals surface area contributed by atoms with E-state index in [0.29, 0.717) is 0 Å². The third-order valence-corrected chi connectivity index (χ3v) is 3.83. The number of rotatable bonds is 2. The normalized spacial score (nSPS) is 13.1. The average Bonchev–Trinajstić information content (AvgIpc) is 2.93. The van der Waals surface area contributed by atoms with E-state index in [4.69, 9.17) is 10.2 Å². The van der Waals surface area contributed by atoms with Gasteiger partial charge in [0.05, 0.1) is 16.2 Å². The van der Waals surface area contributed by atoms with Gasteiger partial charge in [0.2, 0.25) is 0 Å². The number of fused-ring (bicyclic) bond motifs is 1. The maximum Gasteiger partial charge on any atom is 0.148 e. The van der Waals surface area contributed by atoms with E-state index in [1.807, 2.05) is 44.4 Å². The van der Waals surface area contributed by atoms with Crippen LogP contribution in [0.25, 0.3) is 11.0 Å². The third kappa shape index (κ3) is 2.09. The smallest absolute Gasteiger partial charge is 0.148 e. The zero-order valence-corrected chi connectivity index (χ0v) is 12.3. The Kier molecular flexibility index (Phi) is 2.95. The van der Waals surface area contributed by atoms with Crippen molar-refractivity contribution in [3.05, 3.63) is 52.0 Å². The molecule has 1 unspecified atom stereocenters. The number of nitrogens with two attached hydrogens (primary N) is 1. The van der Waals surface area contributed by atoms with Gasteiger partial charge in [-0.25, -0.2) is 0 Å². The summed E-state index contributed by atoms with van der Waals surface area (Å²) in [6.07, 6.45) is 1.93. The van der Waals surface area contributed by atoms with Crippen LogP contribution < -0.4 is 5.73 Å². The first-order valence-electron chi connectivity index (χ1n) is 6.00. The van der Waals surface area contributed by atoms with E-state index in [9.17, 15) is 0 Å². The lowest BCUT2D eigenvalue weighted by atomic mass is 10.1. The summed E-state index contributed by atoms with van der Waals surface area (Å²) < 4.78 is 8.57. The molecule has 3 aromatic rings. The van der Waals surface area contributed by atoms with Gasteiger partial charge in [0.25, 0.3) is 0 Å². The predicted octanol–water partition coefficient (Wildman–Crippen LogP) is 3.29. The Bertz CT molecular complexity index is 744. The summed E-state index contributed by atoms with van der Waals surface area (Å²) in [6.45, 7) is 1.95. The van der Waals surface area contributed by atoms with Gasteiger partial charge in [-0.05, 0) is 35.0 Å². The second-order valence-corrected chi connectivity index (χ2v) is 5.48. The molecule has 0 fully saturated rings. The van der Waals surface area contributed by atoms with Crippen LogP contribution in [0.15, 0.2) is 39.4 Å². The highest BCUT2D eigenvalue weighted by Gasteiger charge is 2.19. The minimum absolute atomic E-state index is 0.298. The van der Waals surface area contributed by atoms with Gasteiger partial charge in [0.15, 0.2) is 0 Å². The number of aromatic nitrogens is 2. The molecule has 0 saturated heterocycles. The summed E-state index contributed by atoms with van der Waals surface area (Å²) in [6, 6.07) is 7.63. The van der Waals surface area contributed by atoms with E-state index < -0.39 is 0 Å². The number of nitrogens with zero attached hydrogens (tertiary/aromatic N) is 2. The van der Waals surface area contributed by atoms with Crippen molar-refractivity contribution in [1.29, 1.82) is 0 Å². The molecule has 19 heavy (non-hydrogen) atoms. The van der Waals surface area contributed by atoms with Crippen molar-refractivity contribution >= 4 is 26.9 Å². The highest BCUT2D eigenvalue weighted by molar-refractivity contribution is 9.10. The fourth-order valence-corrected chi connectivity index (χ4v) is 2.74.